The fraction of sp³-hybridized carbons (Fsp3) is 0.412. The third kappa shape index (κ3) is 5.10. The average molecular weight is 396 g/mol. The SMILES string of the molecule is COc1cc(OC)c(Nc2ncnc(NCCC(C)C)c2[N+](=O)[O-])cc1Cl. The van der Waals surface area contributed by atoms with E-state index in [-0.39, 0.29) is 17.3 Å². The molecule has 1 aromatic heterocycles. The summed E-state index contributed by atoms with van der Waals surface area (Å²) in [5.74, 6) is 1.46. The zero-order valence-corrected chi connectivity index (χ0v) is 16.3. The molecule has 0 atom stereocenters. The van der Waals surface area contributed by atoms with E-state index in [9.17, 15) is 10.1 Å². The number of nitrogens with zero attached hydrogens (tertiary/aromatic N) is 3. The van der Waals surface area contributed by atoms with Gasteiger partial charge in [0, 0.05) is 12.6 Å². The summed E-state index contributed by atoms with van der Waals surface area (Å²) in [4.78, 5) is 19.1. The molecule has 146 valence electrons. The highest BCUT2D eigenvalue weighted by Gasteiger charge is 2.24. The van der Waals surface area contributed by atoms with Crippen LogP contribution >= 0.6 is 11.6 Å². The van der Waals surface area contributed by atoms with Crippen LogP contribution in [0.5, 0.6) is 11.5 Å². The summed E-state index contributed by atoms with van der Waals surface area (Å²) in [5.41, 5.74) is 0.161. The number of nitro groups is 1. The van der Waals surface area contributed by atoms with Gasteiger partial charge in [-0.2, -0.15) is 0 Å². The Bertz CT molecular complexity index is 816. The molecule has 0 fully saturated rings. The molecule has 0 aliphatic heterocycles. The molecule has 0 saturated heterocycles. The zero-order chi connectivity index (χ0) is 20.0. The van der Waals surface area contributed by atoms with Gasteiger partial charge in [-0.1, -0.05) is 25.4 Å². The van der Waals surface area contributed by atoms with Crippen molar-refractivity contribution in [3.8, 4) is 11.5 Å². The number of nitrogens with one attached hydrogen (secondary N) is 2. The lowest BCUT2D eigenvalue weighted by Crippen LogP contribution is -2.10. The van der Waals surface area contributed by atoms with E-state index in [4.69, 9.17) is 21.1 Å². The molecule has 10 heteroatoms. The van der Waals surface area contributed by atoms with Gasteiger partial charge in [0.05, 0.1) is 29.9 Å². The van der Waals surface area contributed by atoms with Gasteiger partial charge in [0.1, 0.15) is 17.8 Å². The predicted molar refractivity (Wildman–Crippen MR) is 104 cm³/mol. The molecule has 0 aliphatic carbocycles. The lowest BCUT2D eigenvalue weighted by atomic mass is 10.1. The summed E-state index contributed by atoms with van der Waals surface area (Å²) < 4.78 is 10.5. The number of rotatable bonds is 9. The van der Waals surface area contributed by atoms with Crippen LogP contribution in [0.3, 0.4) is 0 Å². The van der Waals surface area contributed by atoms with E-state index >= 15 is 0 Å². The molecular weight excluding hydrogens is 374 g/mol. The van der Waals surface area contributed by atoms with Crippen molar-refractivity contribution >= 4 is 34.6 Å². The quantitative estimate of drug-likeness (QED) is 0.478. The number of ether oxygens (including phenoxy) is 2. The summed E-state index contributed by atoms with van der Waals surface area (Å²) in [6.45, 7) is 4.71. The zero-order valence-electron chi connectivity index (χ0n) is 15.6. The number of halogens is 1. The monoisotopic (exact) mass is 395 g/mol. The smallest absolute Gasteiger partial charge is 0.353 e. The number of benzene rings is 1. The van der Waals surface area contributed by atoms with Crippen LogP contribution in [0.25, 0.3) is 0 Å². The van der Waals surface area contributed by atoms with Crippen molar-refractivity contribution in [2.45, 2.75) is 20.3 Å². The first-order chi connectivity index (χ1) is 12.9. The van der Waals surface area contributed by atoms with Crippen LogP contribution < -0.4 is 20.1 Å². The highest BCUT2D eigenvalue weighted by atomic mass is 35.5. The summed E-state index contributed by atoms with van der Waals surface area (Å²) in [7, 11) is 2.96. The molecule has 9 nitrogen and oxygen atoms in total. The van der Waals surface area contributed by atoms with Crippen LogP contribution in [0, 0.1) is 16.0 Å². The van der Waals surface area contributed by atoms with E-state index in [2.05, 4.69) is 34.4 Å². The topological polar surface area (TPSA) is 111 Å². The number of anilines is 3. The second-order valence-electron chi connectivity index (χ2n) is 6.10. The van der Waals surface area contributed by atoms with E-state index in [1.165, 1.54) is 20.5 Å². The summed E-state index contributed by atoms with van der Waals surface area (Å²) in [6.07, 6.45) is 2.11. The summed E-state index contributed by atoms with van der Waals surface area (Å²) in [5, 5.41) is 17.9. The normalized spacial score (nSPS) is 10.6. The van der Waals surface area contributed by atoms with Crippen molar-refractivity contribution in [3.05, 3.63) is 33.6 Å². The molecule has 1 heterocycles. The van der Waals surface area contributed by atoms with Gasteiger partial charge in [-0.15, -0.1) is 0 Å². The Morgan fingerprint density at radius 1 is 1.19 bits per heavy atom. The molecule has 2 aromatic rings. The first kappa shape index (κ1) is 20.5. The number of methoxy groups -OCH3 is 2. The summed E-state index contributed by atoms with van der Waals surface area (Å²) >= 11 is 6.16. The average Bonchev–Trinajstić information content (AvgIpc) is 2.61. The van der Waals surface area contributed by atoms with Crippen LogP contribution in [0.4, 0.5) is 23.0 Å². The third-order valence-corrected chi connectivity index (χ3v) is 4.04. The van der Waals surface area contributed by atoms with Gasteiger partial charge >= 0.3 is 5.69 Å². The standard InChI is InChI=1S/C17H22ClN5O4/c1-10(2)5-6-19-16-15(23(24)25)17(21-9-20-16)22-12-7-11(18)13(26-3)8-14(12)27-4/h7-10H,5-6H2,1-4H3,(H2,19,20,21,22). The Kier molecular flexibility index (Phi) is 7.00. The number of hydrogen-bond donors (Lipinski definition) is 2. The Balaban J connectivity index is 2.38. The van der Waals surface area contributed by atoms with Gasteiger partial charge in [0.15, 0.2) is 0 Å². The maximum Gasteiger partial charge on any atom is 0.353 e. The fourth-order valence-electron chi connectivity index (χ4n) is 2.34. The summed E-state index contributed by atoms with van der Waals surface area (Å²) in [6, 6.07) is 3.14. The molecule has 0 radical (unpaired) electrons. The van der Waals surface area contributed by atoms with Crippen LogP contribution in [0.15, 0.2) is 18.5 Å². The lowest BCUT2D eigenvalue weighted by molar-refractivity contribution is -0.383. The van der Waals surface area contributed by atoms with Crippen LogP contribution in [0.2, 0.25) is 5.02 Å². The van der Waals surface area contributed by atoms with Crippen molar-refractivity contribution in [2.24, 2.45) is 5.92 Å². The van der Waals surface area contributed by atoms with Gasteiger partial charge < -0.3 is 20.1 Å². The van der Waals surface area contributed by atoms with Crippen molar-refractivity contribution in [1.29, 1.82) is 0 Å². The van der Waals surface area contributed by atoms with Crippen LogP contribution in [0.1, 0.15) is 20.3 Å². The molecule has 0 aliphatic rings. The van der Waals surface area contributed by atoms with Gasteiger partial charge in [0.25, 0.3) is 0 Å². The maximum atomic E-state index is 11.6. The Hall–Kier alpha value is -2.81. The van der Waals surface area contributed by atoms with Gasteiger partial charge in [0.2, 0.25) is 11.6 Å². The molecule has 0 saturated carbocycles. The molecule has 0 amide bonds. The predicted octanol–water partition coefficient (Wildman–Crippen LogP) is 4.26. The van der Waals surface area contributed by atoms with E-state index in [0.717, 1.165) is 6.42 Å². The number of hydrogen-bond acceptors (Lipinski definition) is 8. The molecule has 0 unspecified atom stereocenters. The van der Waals surface area contributed by atoms with Gasteiger partial charge in [-0.3, -0.25) is 10.1 Å². The Labute approximate surface area is 162 Å². The largest absolute Gasteiger partial charge is 0.495 e. The first-order valence-electron chi connectivity index (χ1n) is 8.29. The second kappa shape index (κ2) is 9.22. The molecule has 1 aromatic carbocycles. The molecule has 2 N–H and O–H groups in total. The molecule has 0 bridgehead atoms. The third-order valence-electron chi connectivity index (χ3n) is 3.75. The first-order valence-corrected chi connectivity index (χ1v) is 8.67. The highest BCUT2D eigenvalue weighted by molar-refractivity contribution is 6.32. The highest BCUT2D eigenvalue weighted by Crippen LogP contribution is 2.39. The minimum absolute atomic E-state index is 0.0292. The van der Waals surface area contributed by atoms with E-state index in [1.54, 1.807) is 12.1 Å². The number of aromatic nitrogens is 2. The Morgan fingerprint density at radius 3 is 2.44 bits per heavy atom. The van der Waals surface area contributed by atoms with Crippen molar-refractivity contribution in [2.75, 3.05) is 31.4 Å². The molecule has 0 spiro atoms. The fourth-order valence-corrected chi connectivity index (χ4v) is 2.58. The molecule has 2 rings (SSSR count). The molecular formula is C17H22ClN5O4. The van der Waals surface area contributed by atoms with E-state index < -0.39 is 4.92 Å². The van der Waals surface area contributed by atoms with Crippen molar-refractivity contribution in [1.82, 2.24) is 9.97 Å². The molecule has 27 heavy (non-hydrogen) atoms. The van der Waals surface area contributed by atoms with Crippen molar-refractivity contribution in [3.63, 3.8) is 0 Å². The van der Waals surface area contributed by atoms with Crippen LogP contribution in [-0.2, 0) is 0 Å². The van der Waals surface area contributed by atoms with E-state index in [0.29, 0.717) is 34.7 Å². The van der Waals surface area contributed by atoms with Gasteiger partial charge in [-0.25, -0.2) is 9.97 Å². The van der Waals surface area contributed by atoms with Crippen molar-refractivity contribution < 1.29 is 14.4 Å². The minimum Gasteiger partial charge on any atom is -0.495 e. The van der Waals surface area contributed by atoms with Crippen LogP contribution in [-0.4, -0.2) is 35.7 Å². The lowest BCUT2D eigenvalue weighted by Gasteiger charge is -2.14. The Morgan fingerprint density at radius 2 is 1.85 bits per heavy atom. The second-order valence-corrected chi connectivity index (χ2v) is 6.51. The maximum absolute atomic E-state index is 11.6. The minimum atomic E-state index is -0.530. The van der Waals surface area contributed by atoms with E-state index in [1.807, 2.05) is 0 Å². The van der Waals surface area contributed by atoms with Gasteiger partial charge in [-0.05, 0) is 18.4 Å².